The Bertz CT molecular complexity index is 646. The first kappa shape index (κ1) is 12.8. The van der Waals surface area contributed by atoms with E-state index in [9.17, 15) is 9.18 Å². The fourth-order valence-corrected chi connectivity index (χ4v) is 2.46. The second kappa shape index (κ2) is 5.05. The lowest BCUT2D eigenvalue weighted by Crippen LogP contribution is -2.31. The highest BCUT2D eigenvalue weighted by Gasteiger charge is 2.26. The fourth-order valence-electron chi connectivity index (χ4n) is 2.46. The lowest BCUT2D eigenvalue weighted by molar-refractivity contribution is 0.0953. The molecule has 3 N–H and O–H groups in total. The maximum atomic E-state index is 13.2. The zero-order valence-corrected chi connectivity index (χ0v) is 10.8. The smallest absolute Gasteiger partial charge is 0.185 e. The maximum absolute atomic E-state index is 13.2. The second-order valence-corrected chi connectivity index (χ2v) is 4.85. The van der Waals surface area contributed by atoms with Crippen molar-refractivity contribution in [2.24, 2.45) is 0 Å². The molecule has 3 rings (SSSR count). The minimum absolute atomic E-state index is 0.0531. The zero-order valence-electron chi connectivity index (χ0n) is 10.8. The van der Waals surface area contributed by atoms with Gasteiger partial charge in [0.1, 0.15) is 11.6 Å². The van der Waals surface area contributed by atoms with Crippen molar-refractivity contribution in [2.75, 3.05) is 12.3 Å². The number of hydrogen-bond acceptors (Lipinski definition) is 4. The molecule has 1 aliphatic heterocycles. The zero-order chi connectivity index (χ0) is 14.1. The Balaban J connectivity index is 1.94. The molecular weight excluding hydrogens is 259 g/mol. The number of rotatable bonds is 3. The van der Waals surface area contributed by atoms with Crippen molar-refractivity contribution in [3.63, 3.8) is 0 Å². The van der Waals surface area contributed by atoms with Crippen molar-refractivity contribution in [1.82, 2.24) is 15.1 Å². The number of aromatic nitrogens is 2. The monoisotopic (exact) mass is 274 g/mol. The molecule has 1 aliphatic rings. The van der Waals surface area contributed by atoms with Gasteiger partial charge in [-0.1, -0.05) is 6.07 Å². The molecule has 1 aromatic carbocycles. The van der Waals surface area contributed by atoms with Gasteiger partial charge in [-0.3, -0.25) is 4.79 Å². The summed E-state index contributed by atoms with van der Waals surface area (Å²) in [5.74, 6) is -0.181. The molecule has 2 aromatic rings. The quantitative estimate of drug-likeness (QED) is 0.832. The number of ketones is 1. The van der Waals surface area contributed by atoms with E-state index in [-0.39, 0.29) is 23.5 Å². The predicted molar refractivity (Wildman–Crippen MR) is 73.3 cm³/mol. The number of nitrogens with one attached hydrogen (secondary N) is 1. The van der Waals surface area contributed by atoms with Crippen LogP contribution < -0.4 is 11.1 Å². The van der Waals surface area contributed by atoms with Crippen molar-refractivity contribution in [3.05, 3.63) is 41.8 Å². The number of benzene rings is 1. The van der Waals surface area contributed by atoms with Crippen LogP contribution in [-0.2, 0) is 0 Å². The number of nitrogens with zero attached hydrogens (tertiary/aromatic N) is 2. The van der Waals surface area contributed by atoms with Crippen molar-refractivity contribution in [3.8, 4) is 5.69 Å². The Morgan fingerprint density at radius 1 is 1.50 bits per heavy atom. The predicted octanol–water partition coefficient (Wildman–Crippen LogP) is 1.53. The maximum Gasteiger partial charge on any atom is 0.185 e. The molecule has 0 aliphatic carbocycles. The van der Waals surface area contributed by atoms with Crippen molar-refractivity contribution < 1.29 is 9.18 Å². The molecule has 20 heavy (non-hydrogen) atoms. The average molecular weight is 274 g/mol. The van der Waals surface area contributed by atoms with Gasteiger partial charge >= 0.3 is 0 Å². The normalized spacial score (nSPS) is 18.4. The van der Waals surface area contributed by atoms with E-state index in [4.69, 9.17) is 5.73 Å². The Kier molecular flexibility index (Phi) is 3.23. The summed E-state index contributed by atoms with van der Waals surface area (Å²) in [5, 5.41) is 7.23. The summed E-state index contributed by atoms with van der Waals surface area (Å²) in [7, 11) is 0. The molecule has 2 heterocycles. The van der Waals surface area contributed by atoms with Crippen LogP contribution in [0.25, 0.3) is 5.69 Å². The van der Waals surface area contributed by atoms with Gasteiger partial charge in [-0.2, -0.15) is 5.10 Å². The molecule has 5 nitrogen and oxygen atoms in total. The highest BCUT2D eigenvalue weighted by molar-refractivity contribution is 6.03. The van der Waals surface area contributed by atoms with Crippen LogP contribution in [0.4, 0.5) is 10.2 Å². The molecule has 0 radical (unpaired) electrons. The van der Waals surface area contributed by atoms with Crippen LogP contribution in [0, 0.1) is 5.82 Å². The van der Waals surface area contributed by atoms with Crippen LogP contribution >= 0.6 is 0 Å². The summed E-state index contributed by atoms with van der Waals surface area (Å²) < 4.78 is 14.6. The molecule has 0 amide bonds. The molecule has 1 atom stereocenters. The van der Waals surface area contributed by atoms with E-state index < -0.39 is 0 Å². The Hall–Kier alpha value is -2.21. The number of nitrogen functional groups attached to an aromatic ring is 1. The first-order valence-corrected chi connectivity index (χ1v) is 6.54. The standard InChI is InChI=1S/C14H15FN4O/c15-9-3-1-4-10(7-9)19-14(16)11(8-18-19)13(20)12-5-2-6-17-12/h1,3-4,7-8,12,17H,2,5-6,16H2. The number of anilines is 1. The number of hydrogen-bond donors (Lipinski definition) is 2. The summed E-state index contributed by atoms with van der Waals surface area (Å²) >= 11 is 0. The third-order valence-corrected chi connectivity index (χ3v) is 3.50. The van der Waals surface area contributed by atoms with E-state index in [1.165, 1.54) is 23.0 Å². The Labute approximate surface area is 115 Å². The molecule has 1 aromatic heterocycles. The molecule has 1 unspecified atom stereocenters. The Morgan fingerprint density at radius 2 is 2.35 bits per heavy atom. The summed E-state index contributed by atoms with van der Waals surface area (Å²) in [6.07, 6.45) is 3.24. The van der Waals surface area contributed by atoms with Gasteiger partial charge in [0, 0.05) is 0 Å². The molecule has 6 heteroatoms. The van der Waals surface area contributed by atoms with Crippen molar-refractivity contribution in [2.45, 2.75) is 18.9 Å². The van der Waals surface area contributed by atoms with Crippen LogP contribution in [0.1, 0.15) is 23.2 Å². The van der Waals surface area contributed by atoms with Crippen LogP contribution in [0.15, 0.2) is 30.5 Å². The number of carbonyl (C=O) groups is 1. The van der Waals surface area contributed by atoms with E-state index in [0.717, 1.165) is 19.4 Å². The van der Waals surface area contributed by atoms with Crippen LogP contribution in [0.2, 0.25) is 0 Å². The molecule has 1 fully saturated rings. The van der Waals surface area contributed by atoms with Crippen LogP contribution in [0.5, 0.6) is 0 Å². The third-order valence-electron chi connectivity index (χ3n) is 3.50. The molecule has 0 bridgehead atoms. The van der Waals surface area contributed by atoms with Gasteiger partial charge in [-0.15, -0.1) is 0 Å². The largest absolute Gasteiger partial charge is 0.383 e. The van der Waals surface area contributed by atoms with E-state index in [0.29, 0.717) is 11.3 Å². The topological polar surface area (TPSA) is 72.9 Å². The van der Waals surface area contributed by atoms with Gasteiger partial charge in [0.15, 0.2) is 5.78 Å². The highest BCUT2D eigenvalue weighted by Crippen LogP contribution is 2.21. The van der Waals surface area contributed by atoms with Crippen molar-refractivity contribution >= 4 is 11.6 Å². The van der Waals surface area contributed by atoms with Gasteiger partial charge in [-0.25, -0.2) is 9.07 Å². The number of carbonyl (C=O) groups excluding carboxylic acids is 1. The summed E-state index contributed by atoms with van der Waals surface area (Å²) in [4.78, 5) is 12.3. The van der Waals surface area contributed by atoms with Gasteiger partial charge in [0.25, 0.3) is 0 Å². The SMILES string of the molecule is Nc1c(C(=O)C2CCCN2)cnn1-c1cccc(F)c1. The second-order valence-electron chi connectivity index (χ2n) is 4.85. The number of nitrogens with two attached hydrogens (primary N) is 1. The molecule has 0 saturated carbocycles. The first-order valence-electron chi connectivity index (χ1n) is 6.54. The van der Waals surface area contributed by atoms with E-state index in [1.807, 2.05) is 0 Å². The van der Waals surface area contributed by atoms with E-state index in [2.05, 4.69) is 10.4 Å². The first-order chi connectivity index (χ1) is 9.66. The fraction of sp³-hybridized carbons (Fsp3) is 0.286. The van der Waals surface area contributed by atoms with Crippen LogP contribution in [-0.4, -0.2) is 28.2 Å². The average Bonchev–Trinajstić information content (AvgIpc) is 3.07. The number of Topliss-reactive ketones (excluding diaryl/α,β-unsaturated/α-hetero) is 1. The van der Waals surface area contributed by atoms with Crippen LogP contribution in [0.3, 0.4) is 0 Å². The molecule has 0 spiro atoms. The molecule has 1 saturated heterocycles. The van der Waals surface area contributed by atoms with Gasteiger partial charge in [0.2, 0.25) is 0 Å². The third kappa shape index (κ3) is 2.18. The van der Waals surface area contributed by atoms with Gasteiger partial charge in [0.05, 0.1) is 23.5 Å². The molecular formula is C14H15FN4O. The summed E-state index contributed by atoms with van der Waals surface area (Å²) in [5.41, 5.74) is 6.87. The van der Waals surface area contributed by atoms with E-state index in [1.54, 1.807) is 12.1 Å². The number of halogens is 1. The minimum Gasteiger partial charge on any atom is -0.383 e. The van der Waals surface area contributed by atoms with Gasteiger partial charge < -0.3 is 11.1 Å². The summed E-state index contributed by atoms with van der Waals surface area (Å²) in [6, 6.07) is 5.74. The Morgan fingerprint density at radius 3 is 3.05 bits per heavy atom. The lowest BCUT2D eigenvalue weighted by atomic mass is 10.1. The highest BCUT2D eigenvalue weighted by atomic mass is 19.1. The lowest BCUT2D eigenvalue weighted by Gasteiger charge is -2.09. The summed E-state index contributed by atoms with van der Waals surface area (Å²) in [6.45, 7) is 0.842. The van der Waals surface area contributed by atoms with Gasteiger partial charge in [-0.05, 0) is 37.6 Å². The minimum atomic E-state index is -0.372. The molecule has 104 valence electrons. The van der Waals surface area contributed by atoms with E-state index >= 15 is 0 Å². The van der Waals surface area contributed by atoms with Crippen molar-refractivity contribution in [1.29, 1.82) is 0 Å².